The quantitative estimate of drug-likeness (QED) is 0.237. The smallest absolute Gasteiger partial charge is 0.222 e. The lowest BCUT2D eigenvalue weighted by molar-refractivity contribution is -0.124. The van der Waals surface area contributed by atoms with Gasteiger partial charge in [0.05, 0.1) is 39.6 Å². The van der Waals surface area contributed by atoms with Crippen molar-refractivity contribution in [3.63, 3.8) is 0 Å². The number of carbonyl (C=O) groups is 1. The van der Waals surface area contributed by atoms with Crippen LogP contribution in [0.5, 0.6) is 0 Å². The Hall–Kier alpha value is -1.34. The largest absolute Gasteiger partial charge is 0.379 e. The van der Waals surface area contributed by atoms with Crippen molar-refractivity contribution >= 4 is 5.91 Å². The molecule has 0 heterocycles. The standard InChI is InChI=1S/C12H24N4O4/c1-11(2)12(17)14-3-5-18-7-9-20-10-8-19-6-4-15-16-13/h11H,3-10H2,1-2H3,(H,14,17). The predicted molar refractivity (Wildman–Crippen MR) is 74.3 cm³/mol. The molecule has 0 saturated heterocycles. The third-order valence-electron chi connectivity index (χ3n) is 2.21. The third-order valence-corrected chi connectivity index (χ3v) is 2.21. The molecule has 0 aromatic carbocycles. The van der Waals surface area contributed by atoms with Crippen molar-refractivity contribution in [1.29, 1.82) is 0 Å². The Kier molecular flexibility index (Phi) is 13.1. The Labute approximate surface area is 119 Å². The Morgan fingerprint density at radius 3 is 2.20 bits per heavy atom. The average Bonchev–Trinajstić information content (AvgIpc) is 2.43. The minimum Gasteiger partial charge on any atom is -0.379 e. The van der Waals surface area contributed by atoms with Crippen LogP contribution in [0.1, 0.15) is 13.8 Å². The van der Waals surface area contributed by atoms with E-state index in [1.54, 1.807) is 0 Å². The van der Waals surface area contributed by atoms with E-state index in [9.17, 15) is 4.79 Å². The molecular formula is C12H24N4O4. The van der Waals surface area contributed by atoms with E-state index >= 15 is 0 Å². The van der Waals surface area contributed by atoms with E-state index in [1.807, 2.05) is 13.8 Å². The highest BCUT2D eigenvalue weighted by molar-refractivity contribution is 5.77. The molecule has 20 heavy (non-hydrogen) atoms. The Morgan fingerprint density at radius 1 is 1.10 bits per heavy atom. The zero-order chi connectivity index (χ0) is 15.1. The molecule has 0 aliphatic carbocycles. The van der Waals surface area contributed by atoms with Crippen LogP contribution in [-0.2, 0) is 19.0 Å². The first kappa shape index (κ1) is 18.7. The fourth-order valence-electron chi connectivity index (χ4n) is 1.14. The third kappa shape index (κ3) is 13.1. The van der Waals surface area contributed by atoms with E-state index in [-0.39, 0.29) is 11.8 Å². The fourth-order valence-corrected chi connectivity index (χ4v) is 1.14. The van der Waals surface area contributed by atoms with Crippen molar-refractivity contribution in [2.45, 2.75) is 13.8 Å². The van der Waals surface area contributed by atoms with E-state index in [0.29, 0.717) is 52.7 Å². The topological polar surface area (TPSA) is 106 Å². The second kappa shape index (κ2) is 14.1. The van der Waals surface area contributed by atoms with Gasteiger partial charge in [-0.3, -0.25) is 4.79 Å². The Bertz CT molecular complexity index is 293. The van der Waals surface area contributed by atoms with Gasteiger partial charge >= 0.3 is 0 Å². The summed E-state index contributed by atoms with van der Waals surface area (Å²) in [5, 5.41) is 6.09. The molecule has 0 aliphatic heterocycles. The van der Waals surface area contributed by atoms with Crippen molar-refractivity contribution in [3.8, 4) is 0 Å². The van der Waals surface area contributed by atoms with Gasteiger partial charge in [0.15, 0.2) is 0 Å². The van der Waals surface area contributed by atoms with Gasteiger partial charge < -0.3 is 19.5 Å². The van der Waals surface area contributed by atoms with Gasteiger partial charge in [-0.1, -0.05) is 19.0 Å². The molecule has 1 amide bonds. The van der Waals surface area contributed by atoms with Crippen molar-refractivity contribution in [2.75, 3.05) is 52.7 Å². The molecule has 0 saturated carbocycles. The summed E-state index contributed by atoms with van der Waals surface area (Å²) in [6, 6.07) is 0. The Morgan fingerprint density at radius 2 is 1.65 bits per heavy atom. The van der Waals surface area contributed by atoms with Crippen LogP contribution in [-0.4, -0.2) is 58.6 Å². The molecular weight excluding hydrogens is 264 g/mol. The van der Waals surface area contributed by atoms with Crippen LogP contribution in [0.3, 0.4) is 0 Å². The highest BCUT2D eigenvalue weighted by atomic mass is 16.5. The van der Waals surface area contributed by atoms with Crippen molar-refractivity contribution in [1.82, 2.24) is 5.32 Å². The molecule has 0 radical (unpaired) electrons. The van der Waals surface area contributed by atoms with Crippen molar-refractivity contribution in [3.05, 3.63) is 10.4 Å². The first-order valence-corrected chi connectivity index (χ1v) is 6.70. The van der Waals surface area contributed by atoms with Gasteiger partial charge in [-0.05, 0) is 5.53 Å². The highest BCUT2D eigenvalue weighted by Crippen LogP contribution is 1.89. The molecule has 0 spiro atoms. The number of hydrogen-bond donors (Lipinski definition) is 1. The maximum atomic E-state index is 11.2. The summed E-state index contributed by atoms with van der Waals surface area (Å²) in [4.78, 5) is 13.8. The molecule has 1 N–H and O–H groups in total. The number of rotatable bonds is 13. The van der Waals surface area contributed by atoms with E-state index < -0.39 is 0 Å². The molecule has 0 aromatic rings. The van der Waals surface area contributed by atoms with Crippen LogP contribution in [0.25, 0.3) is 10.4 Å². The molecule has 0 atom stereocenters. The predicted octanol–water partition coefficient (Wildman–Crippen LogP) is 1.12. The summed E-state index contributed by atoms with van der Waals surface area (Å²) < 4.78 is 15.7. The monoisotopic (exact) mass is 288 g/mol. The number of hydrogen-bond acceptors (Lipinski definition) is 5. The lowest BCUT2D eigenvalue weighted by Gasteiger charge is -2.08. The van der Waals surface area contributed by atoms with Crippen LogP contribution in [0.4, 0.5) is 0 Å². The van der Waals surface area contributed by atoms with Gasteiger partial charge in [-0.15, -0.1) is 0 Å². The first-order valence-electron chi connectivity index (χ1n) is 6.70. The number of azide groups is 1. The molecule has 0 unspecified atom stereocenters. The van der Waals surface area contributed by atoms with E-state index in [0.717, 1.165) is 0 Å². The zero-order valence-electron chi connectivity index (χ0n) is 12.2. The fraction of sp³-hybridized carbons (Fsp3) is 0.917. The summed E-state index contributed by atoms with van der Waals surface area (Å²) in [6.45, 7) is 7.33. The second-order valence-electron chi connectivity index (χ2n) is 4.24. The maximum absolute atomic E-state index is 11.2. The first-order chi connectivity index (χ1) is 9.68. The number of ether oxygens (including phenoxy) is 3. The minimum absolute atomic E-state index is 0.00261. The van der Waals surface area contributed by atoms with Gasteiger partial charge in [0.1, 0.15) is 0 Å². The van der Waals surface area contributed by atoms with Crippen molar-refractivity contribution < 1.29 is 19.0 Å². The van der Waals surface area contributed by atoms with Crippen LogP contribution >= 0.6 is 0 Å². The highest BCUT2D eigenvalue weighted by Gasteiger charge is 2.04. The van der Waals surface area contributed by atoms with E-state index in [1.165, 1.54) is 0 Å². The summed E-state index contributed by atoms with van der Waals surface area (Å²) in [6.07, 6.45) is 0. The summed E-state index contributed by atoms with van der Waals surface area (Å²) in [5.41, 5.74) is 8.03. The van der Waals surface area contributed by atoms with E-state index in [4.69, 9.17) is 19.7 Å². The number of nitrogens with zero attached hydrogens (tertiary/aromatic N) is 3. The Balaban J connectivity index is 3.10. The maximum Gasteiger partial charge on any atom is 0.222 e. The molecule has 116 valence electrons. The molecule has 0 aliphatic rings. The normalized spacial score (nSPS) is 10.3. The minimum atomic E-state index is -0.00261. The van der Waals surface area contributed by atoms with E-state index in [2.05, 4.69) is 15.3 Å². The SMILES string of the molecule is CC(C)C(=O)NCCOCCOCCOCCN=[N+]=[N-]. The van der Waals surface area contributed by atoms with Gasteiger partial charge in [0.25, 0.3) is 0 Å². The lowest BCUT2D eigenvalue weighted by Crippen LogP contribution is -2.31. The van der Waals surface area contributed by atoms with Crippen LogP contribution in [0, 0.1) is 5.92 Å². The van der Waals surface area contributed by atoms with Crippen molar-refractivity contribution in [2.24, 2.45) is 11.0 Å². The van der Waals surface area contributed by atoms with Gasteiger partial charge in [-0.25, -0.2) is 0 Å². The number of amides is 1. The summed E-state index contributed by atoms with van der Waals surface area (Å²) >= 11 is 0. The summed E-state index contributed by atoms with van der Waals surface area (Å²) in [7, 11) is 0. The number of carbonyl (C=O) groups excluding carboxylic acids is 1. The zero-order valence-corrected chi connectivity index (χ0v) is 12.2. The molecule has 0 rings (SSSR count). The second-order valence-corrected chi connectivity index (χ2v) is 4.24. The lowest BCUT2D eigenvalue weighted by atomic mass is 10.2. The van der Waals surface area contributed by atoms with Crippen LogP contribution < -0.4 is 5.32 Å². The molecule has 0 aromatic heterocycles. The molecule has 0 fully saturated rings. The van der Waals surface area contributed by atoms with Gasteiger partial charge in [0.2, 0.25) is 5.91 Å². The molecule has 0 bridgehead atoms. The van der Waals surface area contributed by atoms with Gasteiger partial charge in [-0.2, -0.15) is 0 Å². The molecule has 8 nitrogen and oxygen atoms in total. The summed E-state index contributed by atoms with van der Waals surface area (Å²) in [5.74, 6) is 0.0277. The molecule has 8 heteroatoms. The van der Waals surface area contributed by atoms with Crippen LogP contribution in [0.15, 0.2) is 5.11 Å². The average molecular weight is 288 g/mol. The van der Waals surface area contributed by atoms with Gasteiger partial charge in [0, 0.05) is 23.9 Å². The van der Waals surface area contributed by atoms with Crippen LogP contribution in [0.2, 0.25) is 0 Å². The number of nitrogens with one attached hydrogen (secondary N) is 1.